The Labute approximate surface area is 206 Å². The number of hydrogen-bond acceptors (Lipinski definition) is 0. The van der Waals surface area contributed by atoms with Gasteiger partial charge in [0.25, 0.3) is 0 Å². The number of allylic oxidation sites excluding steroid dienone is 3. The minimum absolute atomic E-state index is 1.18. The summed E-state index contributed by atoms with van der Waals surface area (Å²) in [6.07, 6.45) is 8.53. The maximum Gasteiger partial charge on any atom is 0.0547 e. The molecule has 0 aliphatic rings. The average Bonchev–Trinajstić information content (AvgIpc) is 3.23. The summed E-state index contributed by atoms with van der Waals surface area (Å²) < 4.78 is 2.38. The molecular formula is C34H27N. The summed E-state index contributed by atoms with van der Waals surface area (Å²) in [4.78, 5) is 0. The predicted octanol–water partition coefficient (Wildman–Crippen LogP) is 9.50. The Morgan fingerprint density at radius 2 is 1.29 bits per heavy atom. The van der Waals surface area contributed by atoms with E-state index < -0.39 is 0 Å². The van der Waals surface area contributed by atoms with E-state index in [0.29, 0.717) is 0 Å². The molecule has 6 aromatic rings. The van der Waals surface area contributed by atoms with Crippen LogP contribution in [0.25, 0.3) is 55.5 Å². The van der Waals surface area contributed by atoms with Gasteiger partial charge in [-0.2, -0.15) is 0 Å². The summed E-state index contributed by atoms with van der Waals surface area (Å²) >= 11 is 0. The molecule has 0 N–H and O–H groups in total. The van der Waals surface area contributed by atoms with Crippen LogP contribution < -0.4 is 0 Å². The average molecular weight is 450 g/mol. The second-order valence-electron chi connectivity index (χ2n) is 9.01. The molecule has 0 aliphatic carbocycles. The fraction of sp³-hybridized carbons (Fsp3) is 0.0588. The zero-order valence-corrected chi connectivity index (χ0v) is 20.1. The summed E-state index contributed by atoms with van der Waals surface area (Å²) in [7, 11) is 0. The Balaban J connectivity index is 1.74. The first kappa shape index (κ1) is 21.2. The Bertz CT molecular complexity index is 1750. The molecule has 0 saturated carbocycles. The smallest absolute Gasteiger partial charge is 0.0547 e. The van der Waals surface area contributed by atoms with Gasteiger partial charge in [-0.05, 0) is 77.2 Å². The van der Waals surface area contributed by atoms with Crippen LogP contribution in [-0.2, 0) is 0 Å². The van der Waals surface area contributed by atoms with Gasteiger partial charge in [-0.1, -0.05) is 97.1 Å². The molecule has 0 spiro atoms. The summed E-state index contributed by atoms with van der Waals surface area (Å²) in [5.41, 5.74) is 8.66. The van der Waals surface area contributed by atoms with E-state index in [2.05, 4.69) is 146 Å². The highest BCUT2D eigenvalue weighted by molar-refractivity contribution is 6.12. The van der Waals surface area contributed by atoms with Crippen molar-refractivity contribution in [1.82, 2.24) is 4.57 Å². The molecule has 0 atom stereocenters. The highest BCUT2D eigenvalue weighted by Gasteiger charge is 2.16. The molecular weight excluding hydrogens is 422 g/mol. The Morgan fingerprint density at radius 1 is 0.571 bits per heavy atom. The Hall–Kier alpha value is -4.36. The van der Waals surface area contributed by atoms with Gasteiger partial charge in [0.1, 0.15) is 0 Å². The van der Waals surface area contributed by atoms with Crippen molar-refractivity contribution < 1.29 is 0 Å². The summed E-state index contributed by atoms with van der Waals surface area (Å²) in [5, 5.41) is 5.14. The lowest BCUT2D eigenvalue weighted by Gasteiger charge is -2.14. The van der Waals surface area contributed by atoms with Crippen molar-refractivity contribution in [3.63, 3.8) is 0 Å². The van der Waals surface area contributed by atoms with Crippen LogP contribution in [0.5, 0.6) is 0 Å². The van der Waals surface area contributed by atoms with Crippen molar-refractivity contribution in [3.05, 3.63) is 132 Å². The highest BCUT2D eigenvalue weighted by Crippen LogP contribution is 2.39. The van der Waals surface area contributed by atoms with Crippen LogP contribution in [0, 0.1) is 6.92 Å². The second-order valence-corrected chi connectivity index (χ2v) is 9.01. The van der Waals surface area contributed by atoms with Crippen LogP contribution in [0.15, 0.2) is 121 Å². The summed E-state index contributed by atoms with van der Waals surface area (Å²) in [6.45, 7) is 4.24. The lowest BCUT2D eigenvalue weighted by Crippen LogP contribution is -1.94. The van der Waals surface area contributed by atoms with Gasteiger partial charge in [0.15, 0.2) is 0 Å². The van der Waals surface area contributed by atoms with E-state index in [0.717, 1.165) is 0 Å². The van der Waals surface area contributed by atoms with Crippen LogP contribution >= 0.6 is 0 Å². The highest BCUT2D eigenvalue weighted by atomic mass is 15.0. The zero-order valence-electron chi connectivity index (χ0n) is 20.1. The lowest BCUT2D eigenvalue weighted by atomic mass is 9.91. The van der Waals surface area contributed by atoms with Gasteiger partial charge in [0.05, 0.1) is 11.0 Å². The lowest BCUT2D eigenvalue weighted by molar-refractivity contribution is 1.18. The second kappa shape index (κ2) is 8.77. The first-order valence-electron chi connectivity index (χ1n) is 12.2. The van der Waals surface area contributed by atoms with E-state index in [9.17, 15) is 0 Å². The van der Waals surface area contributed by atoms with Gasteiger partial charge in [-0.3, -0.25) is 0 Å². The molecule has 6 rings (SSSR count). The van der Waals surface area contributed by atoms with Crippen LogP contribution in [0.2, 0.25) is 0 Å². The largest absolute Gasteiger partial charge is 0.309 e. The third-order valence-electron chi connectivity index (χ3n) is 6.87. The van der Waals surface area contributed by atoms with E-state index in [1.165, 1.54) is 60.5 Å². The van der Waals surface area contributed by atoms with Gasteiger partial charge < -0.3 is 4.57 Å². The van der Waals surface area contributed by atoms with E-state index >= 15 is 0 Å². The molecule has 0 saturated heterocycles. The number of nitrogens with zero attached hydrogens (tertiary/aromatic N) is 1. The van der Waals surface area contributed by atoms with Crippen LogP contribution in [0.3, 0.4) is 0 Å². The first-order chi connectivity index (χ1) is 17.3. The molecule has 0 bridgehead atoms. The molecule has 35 heavy (non-hydrogen) atoms. The van der Waals surface area contributed by atoms with Gasteiger partial charge in [0.2, 0.25) is 0 Å². The number of para-hydroxylation sites is 2. The van der Waals surface area contributed by atoms with Crippen LogP contribution in [-0.4, -0.2) is 4.57 Å². The van der Waals surface area contributed by atoms with Crippen LogP contribution in [0.1, 0.15) is 18.1 Å². The molecule has 1 nitrogen and oxygen atoms in total. The number of fused-ring (bicyclic) bond motifs is 4. The number of rotatable bonds is 4. The molecule has 0 unspecified atom stereocenters. The molecule has 0 amide bonds. The van der Waals surface area contributed by atoms with Gasteiger partial charge in [0, 0.05) is 16.5 Å². The third-order valence-corrected chi connectivity index (χ3v) is 6.87. The van der Waals surface area contributed by atoms with Crippen molar-refractivity contribution in [3.8, 4) is 16.8 Å². The van der Waals surface area contributed by atoms with Crippen LogP contribution in [0.4, 0.5) is 0 Å². The molecule has 168 valence electrons. The summed E-state index contributed by atoms with van der Waals surface area (Å²) in [6, 6.07) is 37.4. The fourth-order valence-corrected chi connectivity index (χ4v) is 5.21. The minimum Gasteiger partial charge on any atom is -0.309 e. The molecule has 0 fully saturated rings. The first-order valence-corrected chi connectivity index (χ1v) is 12.2. The number of benzene rings is 5. The summed E-state index contributed by atoms with van der Waals surface area (Å²) in [5.74, 6) is 0. The van der Waals surface area contributed by atoms with Gasteiger partial charge in [-0.15, -0.1) is 0 Å². The molecule has 0 radical (unpaired) electrons. The van der Waals surface area contributed by atoms with Crippen molar-refractivity contribution in [2.24, 2.45) is 0 Å². The maximum atomic E-state index is 2.39. The standard InChI is InChI=1S/C34H27N/c1-3-4-6-13-25-22-34-32(23-31(25)29-21-20-24(2)27-16-9-10-17-28(27)29)30-18-11-12-19-33(30)35(34)26-14-7-5-8-15-26/h3-23H,1-2H3/b4-3-,13-6-. The van der Waals surface area contributed by atoms with Crippen molar-refractivity contribution >= 4 is 38.7 Å². The van der Waals surface area contributed by atoms with Crippen molar-refractivity contribution in [2.45, 2.75) is 13.8 Å². The number of hydrogen-bond donors (Lipinski definition) is 0. The monoisotopic (exact) mass is 449 g/mol. The van der Waals surface area contributed by atoms with Gasteiger partial charge >= 0.3 is 0 Å². The maximum absolute atomic E-state index is 2.39. The van der Waals surface area contributed by atoms with Crippen molar-refractivity contribution in [2.75, 3.05) is 0 Å². The molecule has 1 heterocycles. The Morgan fingerprint density at radius 3 is 2.09 bits per heavy atom. The SMILES string of the molecule is C/C=C\C=C/c1cc2c(cc1-c1ccc(C)c3ccccc13)c1ccccc1n2-c1ccccc1. The predicted molar refractivity (Wildman–Crippen MR) is 152 cm³/mol. The Kier molecular flexibility index (Phi) is 5.31. The molecule has 0 aliphatic heterocycles. The number of aromatic nitrogens is 1. The van der Waals surface area contributed by atoms with Crippen molar-refractivity contribution in [1.29, 1.82) is 0 Å². The number of aryl methyl sites for hydroxylation is 1. The van der Waals surface area contributed by atoms with Gasteiger partial charge in [-0.25, -0.2) is 0 Å². The fourth-order valence-electron chi connectivity index (χ4n) is 5.21. The molecule has 5 aromatic carbocycles. The van der Waals surface area contributed by atoms with E-state index in [1.807, 2.05) is 0 Å². The molecule has 1 heteroatoms. The zero-order chi connectivity index (χ0) is 23.8. The van der Waals surface area contributed by atoms with E-state index in [4.69, 9.17) is 0 Å². The normalized spacial score (nSPS) is 12.1. The third kappa shape index (κ3) is 3.57. The minimum atomic E-state index is 1.18. The van der Waals surface area contributed by atoms with E-state index in [-0.39, 0.29) is 0 Å². The topological polar surface area (TPSA) is 4.93 Å². The quantitative estimate of drug-likeness (QED) is 0.236. The molecule has 1 aromatic heterocycles. The van der Waals surface area contributed by atoms with E-state index in [1.54, 1.807) is 0 Å².